The molecule has 5 rings (SSSR count). The van der Waals surface area contributed by atoms with Gasteiger partial charge in [-0.25, -0.2) is 0 Å². The Morgan fingerprint density at radius 2 is 1.83 bits per heavy atom. The first kappa shape index (κ1) is 18.1. The van der Waals surface area contributed by atoms with Crippen molar-refractivity contribution in [1.82, 2.24) is 14.8 Å². The predicted octanol–water partition coefficient (Wildman–Crippen LogP) is 3.17. The van der Waals surface area contributed by atoms with E-state index < -0.39 is 0 Å². The van der Waals surface area contributed by atoms with Gasteiger partial charge in [-0.1, -0.05) is 24.3 Å². The number of rotatable bonds is 5. The van der Waals surface area contributed by atoms with E-state index in [-0.39, 0.29) is 5.91 Å². The summed E-state index contributed by atoms with van der Waals surface area (Å²) < 4.78 is 10.8. The molecular formula is C23H25N3O3. The summed E-state index contributed by atoms with van der Waals surface area (Å²) in [6, 6.07) is 14.4. The summed E-state index contributed by atoms with van der Waals surface area (Å²) >= 11 is 0. The molecule has 0 radical (unpaired) electrons. The van der Waals surface area contributed by atoms with Gasteiger partial charge in [0, 0.05) is 56.2 Å². The zero-order valence-corrected chi connectivity index (χ0v) is 16.4. The van der Waals surface area contributed by atoms with Gasteiger partial charge in [0.05, 0.1) is 0 Å². The highest BCUT2D eigenvalue weighted by molar-refractivity contribution is 5.84. The van der Waals surface area contributed by atoms with E-state index in [4.69, 9.17) is 9.47 Å². The van der Waals surface area contributed by atoms with E-state index in [0.29, 0.717) is 13.2 Å². The van der Waals surface area contributed by atoms with Gasteiger partial charge in [-0.2, -0.15) is 0 Å². The van der Waals surface area contributed by atoms with Crippen LogP contribution in [0.2, 0.25) is 0 Å². The number of ether oxygens (including phenoxy) is 2. The van der Waals surface area contributed by atoms with Crippen LogP contribution in [0.5, 0.6) is 11.5 Å². The molecule has 0 spiro atoms. The van der Waals surface area contributed by atoms with E-state index >= 15 is 0 Å². The minimum Gasteiger partial charge on any atom is -0.454 e. The largest absolute Gasteiger partial charge is 0.454 e. The van der Waals surface area contributed by atoms with Gasteiger partial charge in [-0.15, -0.1) is 0 Å². The van der Waals surface area contributed by atoms with Crippen molar-refractivity contribution in [1.29, 1.82) is 0 Å². The fourth-order valence-electron chi connectivity index (χ4n) is 4.19. The minimum absolute atomic E-state index is 0.248. The molecule has 0 atom stereocenters. The van der Waals surface area contributed by atoms with Gasteiger partial charge in [0.15, 0.2) is 11.5 Å². The number of hydrogen-bond donors (Lipinski definition) is 1. The van der Waals surface area contributed by atoms with Crippen LogP contribution in [-0.2, 0) is 17.8 Å². The maximum absolute atomic E-state index is 12.7. The molecule has 3 aromatic rings. The number of fused-ring (bicyclic) bond motifs is 2. The Balaban J connectivity index is 1.12. The van der Waals surface area contributed by atoms with Crippen molar-refractivity contribution in [3.8, 4) is 11.5 Å². The third-order valence-electron chi connectivity index (χ3n) is 5.85. The number of H-pyrrole nitrogens is 1. The number of aromatic amines is 1. The first-order valence-corrected chi connectivity index (χ1v) is 10.2. The summed E-state index contributed by atoms with van der Waals surface area (Å²) in [4.78, 5) is 20.4. The van der Waals surface area contributed by atoms with Crippen molar-refractivity contribution < 1.29 is 14.3 Å². The number of hydrogen-bond acceptors (Lipinski definition) is 4. The van der Waals surface area contributed by atoms with Crippen LogP contribution in [-0.4, -0.2) is 53.7 Å². The number of carbonyl (C=O) groups is 1. The molecule has 6 nitrogen and oxygen atoms in total. The lowest BCUT2D eigenvalue weighted by Gasteiger charge is -2.34. The summed E-state index contributed by atoms with van der Waals surface area (Å²) in [6.45, 7) is 4.54. The van der Waals surface area contributed by atoms with Crippen LogP contribution < -0.4 is 9.47 Å². The van der Waals surface area contributed by atoms with Gasteiger partial charge in [0.1, 0.15) is 0 Å². The molecule has 2 aromatic carbocycles. The minimum atomic E-state index is 0.248. The SMILES string of the molecule is O=C(CCc1c[nH]c2ccccc12)N1CCN(Cc2ccc3c(c2)OCO3)CC1. The van der Waals surface area contributed by atoms with Crippen LogP contribution >= 0.6 is 0 Å². The van der Waals surface area contributed by atoms with E-state index in [1.54, 1.807) is 0 Å². The van der Waals surface area contributed by atoms with Gasteiger partial charge >= 0.3 is 0 Å². The second kappa shape index (κ2) is 7.79. The number of para-hydroxylation sites is 1. The van der Waals surface area contributed by atoms with Crippen molar-refractivity contribution >= 4 is 16.8 Å². The molecule has 1 N–H and O–H groups in total. The molecule has 1 aromatic heterocycles. The van der Waals surface area contributed by atoms with Crippen LogP contribution in [0.1, 0.15) is 17.5 Å². The number of nitrogens with zero attached hydrogens (tertiary/aromatic N) is 2. The number of piperazine rings is 1. The first-order chi connectivity index (χ1) is 14.3. The Morgan fingerprint density at radius 3 is 2.72 bits per heavy atom. The quantitative estimate of drug-likeness (QED) is 0.726. The second-order valence-electron chi connectivity index (χ2n) is 7.70. The highest BCUT2D eigenvalue weighted by Crippen LogP contribution is 2.32. The zero-order valence-electron chi connectivity index (χ0n) is 16.4. The number of aryl methyl sites for hydroxylation is 1. The van der Waals surface area contributed by atoms with Crippen LogP contribution in [0, 0.1) is 0 Å². The van der Waals surface area contributed by atoms with Gasteiger partial charge < -0.3 is 19.4 Å². The van der Waals surface area contributed by atoms with Crippen LogP contribution in [0.15, 0.2) is 48.7 Å². The van der Waals surface area contributed by atoms with Gasteiger partial charge in [-0.05, 0) is 35.7 Å². The molecular weight excluding hydrogens is 366 g/mol. The number of nitrogens with one attached hydrogen (secondary N) is 1. The standard InChI is InChI=1S/C23H25N3O3/c27-23(8-6-18-14-24-20-4-2-1-3-19(18)20)26-11-9-25(10-12-26)15-17-5-7-21-22(13-17)29-16-28-21/h1-5,7,13-14,24H,6,8-12,15-16H2. The van der Waals surface area contributed by atoms with Crippen molar-refractivity contribution in [2.24, 2.45) is 0 Å². The van der Waals surface area contributed by atoms with Gasteiger partial charge in [-0.3, -0.25) is 9.69 Å². The van der Waals surface area contributed by atoms with E-state index in [1.165, 1.54) is 16.5 Å². The Bertz CT molecular complexity index is 1020. The zero-order chi connectivity index (χ0) is 19.6. The third kappa shape index (κ3) is 3.80. The summed E-state index contributed by atoms with van der Waals surface area (Å²) in [5.74, 6) is 1.89. The molecule has 2 aliphatic rings. The molecule has 29 heavy (non-hydrogen) atoms. The lowest BCUT2D eigenvalue weighted by atomic mass is 10.1. The van der Waals surface area contributed by atoms with Crippen LogP contribution in [0.3, 0.4) is 0 Å². The van der Waals surface area contributed by atoms with Crippen molar-refractivity contribution in [3.63, 3.8) is 0 Å². The highest BCUT2D eigenvalue weighted by atomic mass is 16.7. The maximum Gasteiger partial charge on any atom is 0.231 e. The Labute approximate surface area is 170 Å². The van der Waals surface area contributed by atoms with E-state index in [0.717, 1.165) is 56.2 Å². The van der Waals surface area contributed by atoms with Crippen molar-refractivity contribution in [2.75, 3.05) is 33.0 Å². The summed E-state index contributed by atoms with van der Waals surface area (Å²) in [6.07, 6.45) is 3.37. The average Bonchev–Trinajstić information content (AvgIpc) is 3.39. The molecule has 2 aliphatic heterocycles. The first-order valence-electron chi connectivity index (χ1n) is 10.2. The van der Waals surface area contributed by atoms with Gasteiger partial charge in [0.2, 0.25) is 12.7 Å². The van der Waals surface area contributed by atoms with Crippen LogP contribution in [0.25, 0.3) is 10.9 Å². The smallest absolute Gasteiger partial charge is 0.231 e. The topological polar surface area (TPSA) is 57.8 Å². The molecule has 150 valence electrons. The molecule has 0 unspecified atom stereocenters. The van der Waals surface area contributed by atoms with Crippen molar-refractivity contribution in [3.05, 3.63) is 59.8 Å². The molecule has 1 fully saturated rings. The Kier molecular flexibility index (Phi) is 4.86. The van der Waals surface area contributed by atoms with E-state index in [1.807, 2.05) is 29.3 Å². The lowest BCUT2D eigenvalue weighted by molar-refractivity contribution is -0.132. The molecule has 1 amide bonds. The number of amides is 1. The number of benzene rings is 2. The second-order valence-corrected chi connectivity index (χ2v) is 7.70. The maximum atomic E-state index is 12.7. The van der Waals surface area contributed by atoms with Crippen molar-refractivity contribution in [2.45, 2.75) is 19.4 Å². The molecule has 0 bridgehead atoms. The molecule has 1 saturated heterocycles. The Morgan fingerprint density at radius 1 is 1.00 bits per heavy atom. The van der Waals surface area contributed by atoms with E-state index in [9.17, 15) is 4.79 Å². The lowest BCUT2D eigenvalue weighted by Crippen LogP contribution is -2.48. The fourth-order valence-corrected chi connectivity index (χ4v) is 4.19. The summed E-state index contributed by atoms with van der Waals surface area (Å²) in [5.41, 5.74) is 3.57. The molecule has 3 heterocycles. The molecule has 0 saturated carbocycles. The number of aromatic nitrogens is 1. The normalized spacial score (nSPS) is 16.5. The predicted molar refractivity (Wildman–Crippen MR) is 111 cm³/mol. The molecule has 6 heteroatoms. The summed E-state index contributed by atoms with van der Waals surface area (Å²) in [7, 11) is 0. The van der Waals surface area contributed by atoms with Gasteiger partial charge in [0.25, 0.3) is 0 Å². The van der Waals surface area contributed by atoms with Crippen LogP contribution in [0.4, 0.5) is 0 Å². The fraction of sp³-hybridized carbons (Fsp3) is 0.348. The monoisotopic (exact) mass is 391 g/mol. The summed E-state index contributed by atoms with van der Waals surface area (Å²) in [5, 5.41) is 1.22. The Hall–Kier alpha value is -2.99. The molecule has 0 aliphatic carbocycles. The highest BCUT2D eigenvalue weighted by Gasteiger charge is 2.22. The van der Waals surface area contributed by atoms with E-state index in [2.05, 4.69) is 34.1 Å². The average molecular weight is 391 g/mol. The number of carbonyl (C=O) groups excluding carboxylic acids is 1. The third-order valence-corrected chi connectivity index (χ3v) is 5.85.